The molecule has 1 atom stereocenters. The summed E-state index contributed by atoms with van der Waals surface area (Å²) in [5.41, 5.74) is 0.380. The maximum atomic E-state index is 12.7. The molecule has 1 aromatic heterocycles. The highest BCUT2D eigenvalue weighted by molar-refractivity contribution is 7.92. The number of nitrogens with zero attached hydrogens (tertiary/aromatic N) is 2. The van der Waals surface area contributed by atoms with Crippen LogP contribution in [-0.2, 0) is 10.0 Å². The molecule has 1 unspecified atom stereocenters. The summed E-state index contributed by atoms with van der Waals surface area (Å²) in [4.78, 5) is 3.72. The van der Waals surface area contributed by atoms with Gasteiger partial charge in [-0.15, -0.1) is 0 Å². The zero-order valence-electron chi connectivity index (χ0n) is 11.5. The minimum atomic E-state index is -3.93. The first-order valence-electron chi connectivity index (χ1n) is 6.43. The van der Waals surface area contributed by atoms with Crippen LogP contribution in [0.15, 0.2) is 53.6 Å². The van der Waals surface area contributed by atoms with Crippen molar-refractivity contribution in [3.05, 3.63) is 53.8 Å². The van der Waals surface area contributed by atoms with E-state index < -0.39 is 22.7 Å². The van der Waals surface area contributed by atoms with E-state index in [2.05, 4.69) is 4.98 Å². The lowest BCUT2D eigenvalue weighted by atomic mass is 10.3. The molecule has 1 aromatic carbocycles. The molecule has 0 saturated carbocycles. The molecule has 0 radical (unpaired) electrons. The zero-order chi connectivity index (χ0) is 16.2. The van der Waals surface area contributed by atoms with Gasteiger partial charge in [-0.3, -0.25) is 4.31 Å². The lowest BCUT2D eigenvalue weighted by Crippen LogP contribution is -2.39. The molecular formula is C14H15ClN2O4S. The van der Waals surface area contributed by atoms with Crippen LogP contribution < -0.4 is 4.31 Å². The van der Waals surface area contributed by atoms with Gasteiger partial charge in [0.05, 0.1) is 24.9 Å². The number of hydrogen-bond acceptors (Lipinski definition) is 5. The fourth-order valence-electron chi connectivity index (χ4n) is 1.83. The average Bonchev–Trinajstić information content (AvgIpc) is 2.53. The molecule has 0 amide bonds. The van der Waals surface area contributed by atoms with Gasteiger partial charge < -0.3 is 10.2 Å². The zero-order valence-corrected chi connectivity index (χ0v) is 13.1. The van der Waals surface area contributed by atoms with Gasteiger partial charge in [0.25, 0.3) is 10.0 Å². The van der Waals surface area contributed by atoms with Crippen LogP contribution in [0.4, 0.5) is 5.69 Å². The lowest BCUT2D eigenvalue weighted by Gasteiger charge is -2.26. The van der Waals surface area contributed by atoms with Crippen molar-refractivity contribution in [2.75, 3.05) is 17.5 Å². The van der Waals surface area contributed by atoms with Crippen LogP contribution in [-0.4, -0.2) is 42.9 Å². The molecule has 0 fully saturated rings. The molecule has 8 heteroatoms. The number of pyridine rings is 1. The maximum Gasteiger partial charge on any atom is 0.265 e. The number of benzene rings is 1. The van der Waals surface area contributed by atoms with E-state index in [1.165, 1.54) is 12.1 Å². The van der Waals surface area contributed by atoms with E-state index in [9.17, 15) is 13.5 Å². The highest BCUT2D eigenvalue weighted by Crippen LogP contribution is 2.24. The summed E-state index contributed by atoms with van der Waals surface area (Å²) in [6, 6.07) is 11.0. The van der Waals surface area contributed by atoms with Crippen LogP contribution in [0.5, 0.6) is 0 Å². The quantitative estimate of drug-likeness (QED) is 0.772. The highest BCUT2D eigenvalue weighted by Gasteiger charge is 2.27. The van der Waals surface area contributed by atoms with Crippen LogP contribution in [0.3, 0.4) is 0 Å². The van der Waals surface area contributed by atoms with Gasteiger partial charge in [0, 0.05) is 6.20 Å². The molecule has 22 heavy (non-hydrogen) atoms. The normalized spacial score (nSPS) is 12.9. The van der Waals surface area contributed by atoms with Crippen molar-refractivity contribution in [3.63, 3.8) is 0 Å². The standard InChI is InChI=1S/C14H15ClN2O4S/c15-14-7-6-13(8-16-14)22(20,21)17(9-12(19)10-18)11-4-2-1-3-5-11/h1-8,12,18-19H,9-10H2. The third-order valence-electron chi connectivity index (χ3n) is 2.92. The van der Waals surface area contributed by atoms with Crippen LogP contribution >= 0.6 is 11.6 Å². The Kier molecular flexibility index (Phi) is 5.36. The lowest BCUT2D eigenvalue weighted by molar-refractivity contribution is 0.102. The summed E-state index contributed by atoms with van der Waals surface area (Å²) in [5, 5.41) is 18.8. The van der Waals surface area contributed by atoms with Crippen molar-refractivity contribution in [2.45, 2.75) is 11.0 Å². The number of aliphatic hydroxyl groups excluding tert-OH is 2. The van der Waals surface area contributed by atoms with E-state index in [1.807, 2.05) is 0 Å². The molecule has 0 saturated heterocycles. The number of aliphatic hydroxyl groups is 2. The first-order chi connectivity index (χ1) is 10.4. The Morgan fingerprint density at radius 3 is 2.41 bits per heavy atom. The Hall–Kier alpha value is -1.67. The Bertz CT molecular complexity index is 707. The van der Waals surface area contributed by atoms with Crippen LogP contribution in [0.1, 0.15) is 0 Å². The van der Waals surface area contributed by atoms with Gasteiger partial charge in [0.2, 0.25) is 0 Å². The number of hydrogen-bond donors (Lipinski definition) is 2. The number of anilines is 1. The third-order valence-corrected chi connectivity index (χ3v) is 4.92. The summed E-state index contributed by atoms with van der Waals surface area (Å²) in [6.45, 7) is -0.816. The van der Waals surface area contributed by atoms with Gasteiger partial charge in [-0.05, 0) is 24.3 Å². The summed E-state index contributed by atoms with van der Waals surface area (Å²) < 4.78 is 26.5. The Balaban J connectivity index is 2.45. The molecule has 2 N–H and O–H groups in total. The van der Waals surface area contributed by atoms with Gasteiger partial charge in [0.15, 0.2) is 0 Å². The smallest absolute Gasteiger partial charge is 0.265 e. The molecule has 0 spiro atoms. The van der Waals surface area contributed by atoms with Gasteiger partial charge in [-0.2, -0.15) is 0 Å². The predicted molar refractivity (Wildman–Crippen MR) is 83.3 cm³/mol. The summed E-state index contributed by atoms with van der Waals surface area (Å²) >= 11 is 5.67. The average molecular weight is 343 g/mol. The van der Waals surface area contributed by atoms with E-state index in [4.69, 9.17) is 16.7 Å². The van der Waals surface area contributed by atoms with Crippen molar-refractivity contribution < 1.29 is 18.6 Å². The maximum absolute atomic E-state index is 12.7. The van der Waals surface area contributed by atoms with Gasteiger partial charge >= 0.3 is 0 Å². The van der Waals surface area contributed by atoms with E-state index in [0.717, 1.165) is 10.5 Å². The van der Waals surface area contributed by atoms with Crippen molar-refractivity contribution in [1.82, 2.24) is 4.98 Å². The van der Waals surface area contributed by atoms with Crippen molar-refractivity contribution in [1.29, 1.82) is 0 Å². The molecule has 0 aliphatic rings. The minimum absolute atomic E-state index is 0.0501. The number of halogens is 1. The fraction of sp³-hybridized carbons (Fsp3) is 0.214. The van der Waals surface area contributed by atoms with Crippen LogP contribution in [0.25, 0.3) is 0 Å². The van der Waals surface area contributed by atoms with E-state index in [1.54, 1.807) is 30.3 Å². The molecule has 118 valence electrons. The van der Waals surface area contributed by atoms with E-state index in [0.29, 0.717) is 5.69 Å². The van der Waals surface area contributed by atoms with E-state index in [-0.39, 0.29) is 16.6 Å². The topological polar surface area (TPSA) is 90.7 Å². The van der Waals surface area contributed by atoms with Crippen molar-refractivity contribution >= 4 is 27.3 Å². The molecule has 0 aliphatic heterocycles. The number of para-hydroxylation sites is 1. The second-order valence-electron chi connectivity index (χ2n) is 4.52. The second-order valence-corrected chi connectivity index (χ2v) is 6.77. The molecule has 1 heterocycles. The minimum Gasteiger partial charge on any atom is -0.394 e. The third kappa shape index (κ3) is 3.75. The number of aromatic nitrogens is 1. The SMILES string of the molecule is O=S(=O)(c1ccc(Cl)nc1)N(CC(O)CO)c1ccccc1. The van der Waals surface area contributed by atoms with E-state index >= 15 is 0 Å². The van der Waals surface area contributed by atoms with Gasteiger partial charge in [0.1, 0.15) is 10.0 Å². The molecule has 0 bridgehead atoms. The summed E-state index contributed by atoms with van der Waals surface area (Å²) in [6.07, 6.45) is -0.0471. The largest absolute Gasteiger partial charge is 0.394 e. The van der Waals surface area contributed by atoms with Crippen molar-refractivity contribution in [3.8, 4) is 0 Å². The molecule has 6 nitrogen and oxygen atoms in total. The Morgan fingerprint density at radius 1 is 1.18 bits per heavy atom. The Labute approximate surface area is 133 Å². The number of sulfonamides is 1. The van der Waals surface area contributed by atoms with Crippen LogP contribution in [0, 0.1) is 0 Å². The van der Waals surface area contributed by atoms with Crippen molar-refractivity contribution in [2.24, 2.45) is 0 Å². The van der Waals surface area contributed by atoms with Gasteiger partial charge in [-0.25, -0.2) is 13.4 Å². The molecule has 2 aromatic rings. The number of rotatable bonds is 6. The summed E-state index contributed by atoms with van der Waals surface area (Å²) in [5.74, 6) is 0. The summed E-state index contributed by atoms with van der Waals surface area (Å²) in [7, 11) is -3.93. The predicted octanol–water partition coefficient (Wildman–Crippen LogP) is 1.28. The second kappa shape index (κ2) is 7.06. The van der Waals surface area contributed by atoms with Crippen LogP contribution in [0.2, 0.25) is 5.15 Å². The molecular weight excluding hydrogens is 328 g/mol. The highest BCUT2D eigenvalue weighted by atomic mass is 35.5. The first kappa shape index (κ1) is 16.7. The fourth-order valence-corrected chi connectivity index (χ4v) is 3.39. The first-order valence-corrected chi connectivity index (χ1v) is 8.25. The monoisotopic (exact) mass is 342 g/mol. The Morgan fingerprint density at radius 2 is 1.86 bits per heavy atom. The molecule has 2 rings (SSSR count). The molecule has 0 aliphatic carbocycles. The van der Waals surface area contributed by atoms with Gasteiger partial charge in [-0.1, -0.05) is 29.8 Å².